The van der Waals surface area contributed by atoms with Crippen molar-refractivity contribution < 1.29 is 35.9 Å². The molecule has 0 amide bonds. The summed E-state index contributed by atoms with van der Waals surface area (Å²) >= 11 is 0. The summed E-state index contributed by atoms with van der Waals surface area (Å²) in [5.74, 6) is -0.625. The van der Waals surface area contributed by atoms with Gasteiger partial charge >= 0.3 is 12.1 Å². The first-order chi connectivity index (χ1) is 24.6. The maximum absolute atomic E-state index is 14.8. The summed E-state index contributed by atoms with van der Waals surface area (Å²) in [5.41, 5.74) is 1.39. The molecule has 0 spiro atoms. The number of benzene rings is 2. The molecule has 1 unspecified atom stereocenters. The third-order valence-corrected chi connectivity index (χ3v) is 12.7. The molecule has 0 fully saturated rings. The average molecular weight is 757 g/mol. The predicted molar refractivity (Wildman–Crippen MR) is 203 cm³/mol. The van der Waals surface area contributed by atoms with Crippen LogP contribution in [0.4, 0.5) is 18.9 Å². The van der Waals surface area contributed by atoms with Gasteiger partial charge in [-0.1, -0.05) is 84.7 Å². The van der Waals surface area contributed by atoms with Crippen molar-refractivity contribution in [3.8, 4) is 0 Å². The van der Waals surface area contributed by atoms with Crippen molar-refractivity contribution >= 4 is 21.7 Å². The van der Waals surface area contributed by atoms with E-state index in [0.717, 1.165) is 24.5 Å². The highest BCUT2D eigenvalue weighted by Crippen LogP contribution is 2.61. The standard InChI is InChI=1S/C42H55F3N2O5S/c1-12-15-29(6)41(39(7,8)24-30-19-18-27(4)28(5)22-30)40(9,10)37(51-11)36(38(48)52-41)35(26(3)13-2)31-16-14-17-33(23-31)47-53(49,50)34-21-20-32(25-46-34)42(43,44)45/h14,16-23,25-26,29,35,47H,12-13,15,24H2,1-11H3/t26-,29?,35-,41-/m1/s1. The molecule has 4 atom stereocenters. The van der Waals surface area contributed by atoms with E-state index in [1.165, 1.54) is 11.1 Å². The lowest BCUT2D eigenvalue weighted by molar-refractivity contribution is -0.226. The third-order valence-electron chi connectivity index (χ3n) is 11.4. The molecule has 290 valence electrons. The summed E-state index contributed by atoms with van der Waals surface area (Å²) in [6.45, 7) is 21.1. The van der Waals surface area contributed by atoms with Crippen LogP contribution in [-0.2, 0) is 36.9 Å². The monoisotopic (exact) mass is 756 g/mol. The molecule has 1 N–H and O–H groups in total. The van der Waals surface area contributed by atoms with Gasteiger partial charge in [-0.3, -0.25) is 4.72 Å². The van der Waals surface area contributed by atoms with E-state index in [0.29, 0.717) is 42.0 Å². The molecule has 1 aromatic heterocycles. The number of nitrogens with zero attached hydrogens (tertiary/aromatic N) is 1. The number of aromatic nitrogens is 1. The summed E-state index contributed by atoms with van der Waals surface area (Å²) < 4.78 is 81.6. The van der Waals surface area contributed by atoms with Crippen LogP contribution in [0.2, 0.25) is 0 Å². The Kier molecular flexibility index (Phi) is 12.2. The second-order valence-electron chi connectivity index (χ2n) is 15.8. The molecule has 0 saturated heterocycles. The van der Waals surface area contributed by atoms with Crippen LogP contribution in [0.25, 0.3) is 0 Å². The molecule has 0 radical (unpaired) electrons. The van der Waals surface area contributed by atoms with Gasteiger partial charge in [0.2, 0.25) is 0 Å². The van der Waals surface area contributed by atoms with Gasteiger partial charge in [-0.2, -0.15) is 21.6 Å². The number of nitrogens with one attached hydrogen (secondary N) is 1. The van der Waals surface area contributed by atoms with Gasteiger partial charge in [0.1, 0.15) is 11.4 Å². The Balaban J connectivity index is 1.85. The van der Waals surface area contributed by atoms with Gasteiger partial charge in [-0.15, -0.1) is 0 Å². The zero-order valence-electron chi connectivity index (χ0n) is 32.9. The van der Waals surface area contributed by atoms with E-state index in [1.807, 2.05) is 19.9 Å². The number of anilines is 1. The molecule has 1 aliphatic rings. The summed E-state index contributed by atoms with van der Waals surface area (Å²) in [6, 6.07) is 14.7. The van der Waals surface area contributed by atoms with Crippen LogP contribution in [0.15, 0.2) is 77.2 Å². The van der Waals surface area contributed by atoms with E-state index < -0.39 is 55.1 Å². The maximum Gasteiger partial charge on any atom is 0.417 e. The Hall–Kier alpha value is -3.86. The van der Waals surface area contributed by atoms with Crippen LogP contribution in [0.3, 0.4) is 0 Å². The third kappa shape index (κ3) is 8.01. The second kappa shape index (κ2) is 15.5. The van der Waals surface area contributed by atoms with E-state index in [-0.39, 0.29) is 17.5 Å². The number of pyridine rings is 1. The van der Waals surface area contributed by atoms with Crippen LogP contribution in [0, 0.1) is 36.5 Å². The molecule has 2 heterocycles. The van der Waals surface area contributed by atoms with Gasteiger partial charge in [0.25, 0.3) is 10.0 Å². The number of ether oxygens (including phenoxy) is 2. The lowest BCUT2D eigenvalue weighted by Gasteiger charge is -2.60. The molecule has 53 heavy (non-hydrogen) atoms. The van der Waals surface area contributed by atoms with Crippen LogP contribution in [0.1, 0.15) is 108 Å². The fraction of sp³-hybridized carbons (Fsp3) is 0.524. The first-order valence-electron chi connectivity index (χ1n) is 18.3. The molecule has 7 nitrogen and oxygen atoms in total. The Bertz CT molecular complexity index is 1940. The lowest BCUT2D eigenvalue weighted by atomic mass is 9.51. The van der Waals surface area contributed by atoms with Crippen molar-refractivity contribution in [2.45, 2.75) is 118 Å². The van der Waals surface area contributed by atoms with Gasteiger partial charge in [-0.05, 0) is 98.9 Å². The fourth-order valence-corrected chi connectivity index (χ4v) is 9.83. The average Bonchev–Trinajstić information content (AvgIpc) is 3.07. The number of hydrogen-bond acceptors (Lipinski definition) is 6. The van der Waals surface area contributed by atoms with E-state index in [9.17, 15) is 26.4 Å². The minimum Gasteiger partial charge on any atom is -0.500 e. The first kappa shape index (κ1) is 41.9. The fourth-order valence-electron chi connectivity index (χ4n) is 8.84. The number of sulfonamides is 1. The number of cyclic esters (lactones) is 1. The molecular formula is C42H55F3N2O5S. The van der Waals surface area contributed by atoms with Crippen molar-refractivity contribution in [2.75, 3.05) is 11.8 Å². The van der Waals surface area contributed by atoms with Crippen molar-refractivity contribution in [3.05, 3.63) is 99.9 Å². The Morgan fingerprint density at radius 2 is 1.66 bits per heavy atom. The van der Waals surface area contributed by atoms with Crippen molar-refractivity contribution in [1.29, 1.82) is 0 Å². The number of hydrogen-bond donors (Lipinski definition) is 1. The van der Waals surface area contributed by atoms with Crippen LogP contribution >= 0.6 is 0 Å². The van der Waals surface area contributed by atoms with Crippen LogP contribution in [0.5, 0.6) is 0 Å². The number of alkyl halides is 3. The topological polar surface area (TPSA) is 94.6 Å². The number of carbonyl (C=O) groups is 1. The van der Waals surface area contributed by atoms with Gasteiger partial charge in [-0.25, -0.2) is 9.78 Å². The Morgan fingerprint density at radius 1 is 0.981 bits per heavy atom. The highest BCUT2D eigenvalue weighted by atomic mass is 32.2. The van der Waals surface area contributed by atoms with E-state index in [2.05, 4.69) is 83.3 Å². The van der Waals surface area contributed by atoms with Gasteiger partial charge in [0.05, 0.1) is 23.7 Å². The quantitative estimate of drug-likeness (QED) is 0.165. The van der Waals surface area contributed by atoms with Crippen molar-refractivity contribution in [3.63, 3.8) is 0 Å². The number of halogens is 3. The van der Waals surface area contributed by atoms with Crippen LogP contribution < -0.4 is 4.72 Å². The number of methoxy groups -OCH3 is 1. The minimum atomic E-state index is -4.66. The van der Waals surface area contributed by atoms with Gasteiger partial charge in [0.15, 0.2) is 5.03 Å². The number of carbonyl (C=O) groups excluding carboxylic acids is 1. The summed E-state index contributed by atoms with van der Waals surface area (Å²) in [6.07, 6.45) is -1.10. The highest BCUT2D eigenvalue weighted by molar-refractivity contribution is 7.92. The molecule has 0 saturated carbocycles. The summed E-state index contributed by atoms with van der Waals surface area (Å²) in [4.78, 5) is 18.4. The maximum atomic E-state index is 14.8. The van der Waals surface area contributed by atoms with E-state index in [4.69, 9.17) is 9.47 Å². The zero-order valence-corrected chi connectivity index (χ0v) is 33.7. The van der Waals surface area contributed by atoms with Crippen molar-refractivity contribution in [1.82, 2.24) is 4.98 Å². The molecule has 0 aliphatic carbocycles. The van der Waals surface area contributed by atoms with Gasteiger partial charge < -0.3 is 9.47 Å². The van der Waals surface area contributed by atoms with Gasteiger partial charge in [0, 0.05) is 23.2 Å². The molecular weight excluding hydrogens is 702 g/mol. The SMILES string of the molecule is CCCC(C)[C@]1(C(C)(C)Cc2ccc(C)c(C)c2)OC(=O)C([C@@H](c2cccc(NS(=O)(=O)c3ccc(C(F)(F)F)cn3)c2)[C@H](C)CC)=C(OC)C1(C)C. The molecule has 4 rings (SSSR count). The number of esters is 1. The second-order valence-corrected chi connectivity index (χ2v) is 17.5. The van der Waals surface area contributed by atoms with E-state index in [1.54, 1.807) is 25.3 Å². The number of rotatable bonds is 14. The largest absolute Gasteiger partial charge is 0.500 e. The molecule has 0 bridgehead atoms. The minimum absolute atomic E-state index is 0.0433. The smallest absolute Gasteiger partial charge is 0.417 e. The molecule has 3 aromatic rings. The Morgan fingerprint density at radius 3 is 2.21 bits per heavy atom. The highest BCUT2D eigenvalue weighted by Gasteiger charge is 2.66. The summed E-state index contributed by atoms with van der Waals surface area (Å²) in [5, 5.41) is -0.558. The summed E-state index contributed by atoms with van der Waals surface area (Å²) in [7, 11) is -2.75. The predicted octanol–water partition coefficient (Wildman–Crippen LogP) is 10.6. The van der Waals surface area contributed by atoms with Crippen LogP contribution in [-0.4, -0.2) is 32.1 Å². The molecule has 2 aromatic carbocycles. The molecule has 11 heteroatoms. The molecule has 1 aliphatic heterocycles. The van der Waals surface area contributed by atoms with E-state index >= 15 is 0 Å². The first-order valence-corrected chi connectivity index (χ1v) is 19.8. The normalized spacial score (nSPS) is 19.7. The lowest BCUT2D eigenvalue weighted by Crippen LogP contribution is -2.66. The number of aryl methyl sites for hydroxylation is 2. The zero-order chi connectivity index (χ0) is 39.7. The van der Waals surface area contributed by atoms with Crippen molar-refractivity contribution in [2.24, 2.45) is 22.7 Å². The Labute approximate surface area is 313 Å².